The van der Waals surface area contributed by atoms with E-state index in [1.807, 2.05) is 4.57 Å². The maximum absolute atomic E-state index is 13.3. The number of imidazole rings is 1. The van der Waals surface area contributed by atoms with Crippen LogP contribution in [0.1, 0.15) is 50.8 Å². The number of aromatic nitrogens is 2. The van der Waals surface area contributed by atoms with Crippen LogP contribution < -0.4 is 5.32 Å². The Morgan fingerprint density at radius 2 is 2.06 bits per heavy atom. The standard InChI is InChI=1S/C22H29ClN4O2S2/c1-15(2)12-27-20(13-26(19-8-9-19)21(30)25-18-6-7-18)11-24-22(27)31(28,29)14-16-4-3-5-17(23)10-16/h3-5,10-11,15,18-19H,6-9,12-14H2,1-2H3,(H,25,30). The van der Waals surface area contributed by atoms with Gasteiger partial charge in [0, 0.05) is 23.7 Å². The molecule has 1 heterocycles. The number of hydrogen-bond acceptors (Lipinski definition) is 4. The van der Waals surface area contributed by atoms with Gasteiger partial charge in [-0.15, -0.1) is 0 Å². The zero-order valence-corrected chi connectivity index (χ0v) is 20.3. The molecule has 2 fully saturated rings. The summed E-state index contributed by atoms with van der Waals surface area (Å²) in [4.78, 5) is 6.58. The molecular formula is C22H29ClN4O2S2. The second-order valence-corrected chi connectivity index (χ2v) is 11.7. The lowest BCUT2D eigenvalue weighted by Crippen LogP contribution is -2.42. The third-order valence-corrected chi connectivity index (χ3v) is 7.64. The van der Waals surface area contributed by atoms with E-state index in [1.165, 1.54) is 0 Å². The summed E-state index contributed by atoms with van der Waals surface area (Å²) >= 11 is 11.7. The lowest BCUT2D eigenvalue weighted by atomic mass is 10.2. The van der Waals surface area contributed by atoms with E-state index in [9.17, 15) is 8.42 Å². The molecule has 168 valence electrons. The van der Waals surface area contributed by atoms with Crippen LogP contribution in [-0.2, 0) is 28.7 Å². The largest absolute Gasteiger partial charge is 0.360 e. The lowest BCUT2D eigenvalue weighted by Gasteiger charge is -2.26. The summed E-state index contributed by atoms with van der Waals surface area (Å²) in [5.41, 5.74) is 1.53. The van der Waals surface area contributed by atoms with Gasteiger partial charge in [-0.2, -0.15) is 0 Å². The molecule has 0 aliphatic heterocycles. The maximum Gasteiger partial charge on any atom is 0.228 e. The van der Waals surface area contributed by atoms with Gasteiger partial charge in [0.25, 0.3) is 0 Å². The van der Waals surface area contributed by atoms with E-state index in [-0.39, 0.29) is 16.8 Å². The minimum Gasteiger partial charge on any atom is -0.360 e. The Hall–Kier alpha value is -1.64. The van der Waals surface area contributed by atoms with Crippen LogP contribution in [0.4, 0.5) is 0 Å². The van der Waals surface area contributed by atoms with Crippen molar-refractivity contribution in [1.82, 2.24) is 19.8 Å². The van der Waals surface area contributed by atoms with Gasteiger partial charge in [0.05, 0.1) is 24.2 Å². The Bertz CT molecular complexity index is 1060. The Balaban J connectivity index is 1.60. The van der Waals surface area contributed by atoms with Gasteiger partial charge in [-0.3, -0.25) is 0 Å². The molecule has 0 saturated heterocycles. The van der Waals surface area contributed by atoms with Gasteiger partial charge < -0.3 is 14.8 Å². The van der Waals surface area contributed by atoms with Crippen molar-refractivity contribution >= 4 is 38.8 Å². The fraction of sp³-hybridized carbons (Fsp3) is 0.545. The fourth-order valence-corrected chi connectivity index (χ4v) is 5.73. The van der Waals surface area contributed by atoms with Gasteiger partial charge in [0.2, 0.25) is 15.0 Å². The lowest BCUT2D eigenvalue weighted by molar-refractivity contribution is 0.370. The molecule has 0 bridgehead atoms. The van der Waals surface area contributed by atoms with Crippen LogP contribution >= 0.6 is 23.8 Å². The second-order valence-electron chi connectivity index (χ2n) is 9.01. The van der Waals surface area contributed by atoms with E-state index in [0.29, 0.717) is 35.8 Å². The van der Waals surface area contributed by atoms with Gasteiger partial charge in [-0.05, 0) is 61.5 Å². The molecule has 4 rings (SSSR count). The molecule has 2 saturated carbocycles. The molecular weight excluding hydrogens is 452 g/mol. The zero-order valence-electron chi connectivity index (χ0n) is 17.9. The number of halogens is 1. The molecule has 0 unspecified atom stereocenters. The first kappa shape index (κ1) is 22.6. The molecule has 6 nitrogen and oxygen atoms in total. The topological polar surface area (TPSA) is 67.2 Å². The Morgan fingerprint density at radius 1 is 1.32 bits per heavy atom. The number of benzene rings is 1. The first-order valence-electron chi connectivity index (χ1n) is 10.8. The van der Waals surface area contributed by atoms with E-state index >= 15 is 0 Å². The van der Waals surface area contributed by atoms with Crippen LogP contribution in [-0.4, -0.2) is 40.1 Å². The van der Waals surface area contributed by atoms with E-state index < -0.39 is 9.84 Å². The highest BCUT2D eigenvalue weighted by Crippen LogP contribution is 2.30. The molecule has 0 radical (unpaired) electrons. The molecule has 0 atom stereocenters. The van der Waals surface area contributed by atoms with Crippen molar-refractivity contribution in [1.29, 1.82) is 0 Å². The van der Waals surface area contributed by atoms with Crippen LogP contribution in [0.15, 0.2) is 35.6 Å². The highest BCUT2D eigenvalue weighted by Gasteiger charge is 2.34. The number of nitrogens with one attached hydrogen (secondary N) is 1. The number of rotatable bonds is 9. The maximum atomic E-state index is 13.3. The molecule has 0 spiro atoms. The molecule has 31 heavy (non-hydrogen) atoms. The fourth-order valence-electron chi connectivity index (χ4n) is 3.65. The minimum absolute atomic E-state index is 0.119. The SMILES string of the molecule is CC(C)Cn1c(CN(C(=S)NC2CC2)C2CC2)cnc1S(=O)(=O)Cc1cccc(Cl)c1. The van der Waals surface area contributed by atoms with Crippen molar-refractivity contribution in [3.63, 3.8) is 0 Å². The predicted octanol–water partition coefficient (Wildman–Crippen LogP) is 4.17. The number of nitrogens with zero attached hydrogens (tertiary/aromatic N) is 3. The van der Waals surface area contributed by atoms with E-state index in [2.05, 4.69) is 29.0 Å². The van der Waals surface area contributed by atoms with Crippen LogP contribution in [0.2, 0.25) is 5.02 Å². The third kappa shape index (κ3) is 5.79. The number of hydrogen-bond donors (Lipinski definition) is 1. The van der Waals surface area contributed by atoms with Crippen LogP contribution in [0.3, 0.4) is 0 Å². The average molecular weight is 481 g/mol. The molecule has 9 heteroatoms. The van der Waals surface area contributed by atoms with E-state index in [0.717, 1.165) is 36.5 Å². The number of sulfone groups is 1. The Morgan fingerprint density at radius 3 is 2.68 bits per heavy atom. The van der Waals surface area contributed by atoms with Crippen molar-refractivity contribution in [2.45, 2.75) is 75.6 Å². The second kappa shape index (κ2) is 9.08. The average Bonchev–Trinajstić information content (AvgIpc) is 3.60. The molecule has 1 aromatic heterocycles. The van der Waals surface area contributed by atoms with Crippen molar-refractivity contribution in [3.05, 3.63) is 46.7 Å². The minimum atomic E-state index is -3.63. The molecule has 1 aromatic carbocycles. The highest BCUT2D eigenvalue weighted by atomic mass is 35.5. The molecule has 2 aliphatic rings. The summed E-state index contributed by atoms with van der Waals surface area (Å²) in [5.74, 6) is 0.148. The normalized spacial score (nSPS) is 16.5. The van der Waals surface area contributed by atoms with Crippen LogP contribution in [0.5, 0.6) is 0 Å². The predicted molar refractivity (Wildman–Crippen MR) is 127 cm³/mol. The first-order chi connectivity index (χ1) is 14.7. The third-order valence-electron chi connectivity index (χ3n) is 5.46. The summed E-state index contributed by atoms with van der Waals surface area (Å²) in [5, 5.41) is 4.84. The van der Waals surface area contributed by atoms with Crippen molar-refractivity contribution in [2.24, 2.45) is 5.92 Å². The van der Waals surface area contributed by atoms with Gasteiger partial charge in [-0.1, -0.05) is 37.6 Å². The van der Waals surface area contributed by atoms with Crippen molar-refractivity contribution < 1.29 is 8.42 Å². The quantitative estimate of drug-likeness (QED) is 0.543. The van der Waals surface area contributed by atoms with Crippen LogP contribution in [0.25, 0.3) is 0 Å². The molecule has 2 aliphatic carbocycles. The zero-order chi connectivity index (χ0) is 22.2. The number of thiocarbonyl (C=S) groups is 1. The molecule has 2 aromatic rings. The van der Waals surface area contributed by atoms with Crippen molar-refractivity contribution in [3.8, 4) is 0 Å². The Labute approximate surface area is 194 Å². The molecule has 1 N–H and O–H groups in total. The first-order valence-corrected chi connectivity index (χ1v) is 13.3. The summed E-state index contributed by atoms with van der Waals surface area (Å²) in [6.45, 7) is 5.31. The van der Waals surface area contributed by atoms with E-state index in [4.69, 9.17) is 23.8 Å². The summed E-state index contributed by atoms with van der Waals surface area (Å²) in [7, 11) is -3.63. The Kier molecular flexibility index (Phi) is 6.60. The summed E-state index contributed by atoms with van der Waals surface area (Å²) in [6.07, 6.45) is 6.25. The highest BCUT2D eigenvalue weighted by molar-refractivity contribution is 7.90. The summed E-state index contributed by atoms with van der Waals surface area (Å²) in [6, 6.07) is 7.88. The van der Waals surface area contributed by atoms with Gasteiger partial charge in [0.15, 0.2) is 5.11 Å². The van der Waals surface area contributed by atoms with Gasteiger partial charge in [0.1, 0.15) is 0 Å². The van der Waals surface area contributed by atoms with Crippen molar-refractivity contribution in [2.75, 3.05) is 0 Å². The van der Waals surface area contributed by atoms with E-state index in [1.54, 1.807) is 30.5 Å². The summed E-state index contributed by atoms with van der Waals surface area (Å²) < 4.78 is 28.4. The monoisotopic (exact) mass is 480 g/mol. The molecule has 0 amide bonds. The van der Waals surface area contributed by atoms with Crippen LogP contribution in [0, 0.1) is 5.92 Å². The van der Waals surface area contributed by atoms with Gasteiger partial charge >= 0.3 is 0 Å². The van der Waals surface area contributed by atoms with Gasteiger partial charge in [-0.25, -0.2) is 13.4 Å². The smallest absolute Gasteiger partial charge is 0.228 e.